The zero-order chi connectivity index (χ0) is 22.3. The van der Waals surface area contributed by atoms with Crippen LogP contribution in [0.15, 0.2) is 42.5 Å². The molecule has 6 nitrogen and oxygen atoms in total. The summed E-state index contributed by atoms with van der Waals surface area (Å²) in [6, 6.07) is 5.81. The number of rotatable bonds is 4. The third-order valence-corrected chi connectivity index (χ3v) is 4.58. The molecule has 2 aromatic rings. The Morgan fingerprint density at radius 3 is 2.40 bits per heavy atom. The smallest absolute Gasteiger partial charge is 0.324 e. The first-order valence-electron chi connectivity index (χ1n) is 8.49. The molecule has 2 aromatic carbocycles. The molecule has 0 spiro atoms. The molecule has 1 fully saturated rings. The Bertz CT molecular complexity index is 1040. The maximum absolute atomic E-state index is 13.5. The number of carbonyl (C=O) groups excluding carboxylic acids is 3. The molecule has 1 aliphatic rings. The molecule has 11 heteroatoms. The first kappa shape index (κ1) is 21.2. The highest BCUT2D eigenvalue weighted by atomic mass is 19.4. The molecule has 1 heterocycles. The van der Waals surface area contributed by atoms with Crippen molar-refractivity contribution in [3.8, 4) is 0 Å². The Labute approximate surface area is 166 Å². The van der Waals surface area contributed by atoms with Crippen LogP contribution in [0, 0.1) is 11.6 Å². The van der Waals surface area contributed by atoms with Gasteiger partial charge in [-0.1, -0.05) is 18.2 Å². The Balaban J connectivity index is 1.79. The molecule has 0 saturated carbocycles. The number of urea groups is 1. The van der Waals surface area contributed by atoms with Gasteiger partial charge >= 0.3 is 12.2 Å². The molecule has 1 atom stereocenters. The lowest BCUT2D eigenvalue weighted by Gasteiger charge is -2.22. The second-order valence-electron chi connectivity index (χ2n) is 6.67. The van der Waals surface area contributed by atoms with Crippen molar-refractivity contribution in [3.05, 3.63) is 65.2 Å². The monoisotopic (exact) mass is 427 g/mol. The number of halogens is 5. The Morgan fingerprint density at radius 2 is 1.77 bits per heavy atom. The maximum atomic E-state index is 13.5. The highest BCUT2D eigenvalue weighted by molar-refractivity contribution is 6.10. The summed E-state index contributed by atoms with van der Waals surface area (Å²) < 4.78 is 65.8. The summed E-state index contributed by atoms with van der Waals surface area (Å²) in [6.07, 6.45) is -4.73. The van der Waals surface area contributed by atoms with E-state index < -0.39 is 59.0 Å². The van der Waals surface area contributed by atoms with Gasteiger partial charge in [-0.15, -0.1) is 0 Å². The molecule has 158 valence electrons. The summed E-state index contributed by atoms with van der Waals surface area (Å²) in [5.41, 5.74) is -3.48. The highest BCUT2D eigenvalue weighted by Gasteiger charge is 2.49. The fraction of sp³-hybridized carbons (Fsp3) is 0.211. The quantitative estimate of drug-likeness (QED) is 0.580. The normalized spacial score (nSPS) is 19.1. The first-order valence-corrected chi connectivity index (χ1v) is 8.49. The summed E-state index contributed by atoms with van der Waals surface area (Å²) in [5, 5.41) is 4.31. The number of amides is 4. The van der Waals surface area contributed by atoms with Crippen molar-refractivity contribution in [2.75, 3.05) is 11.9 Å². The molecule has 0 radical (unpaired) electrons. The van der Waals surface area contributed by atoms with Crippen molar-refractivity contribution in [1.82, 2.24) is 10.2 Å². The van der Waals surface area contributed by atoms with E-state index in [4.69, 9.17) is 0 Å². The molecule has 0 aromatic heterocycles. The molecule has 3 rings (SSSR count). The van der Waals surface area contributed by atoms with E-state index in [0.29, 0.717) is 4.90 Å². The number of benzene rings is 2. The van der Waals surface area contributed by atoms with Crippen LogP contribution in [0.3, 0.4) is 0 Å². The van der Waals surface area contributed by atoms with Gasteiger partial charge in [-0.05, 0) is 36.8 Å². The van der Waals surface area contributed by atoms with Gasteiger partial charge < -0.3 is 10.6 Å². The van der Waals surface area contributed by atoms with E-state index in [1.54, 1.807) is 0 Å². The Morgan fingerprint density at radius 1 is 1.10 bits per heavy atom. The van der Waals surface area contributed by atoms with Crippen molar-refractivity contribution in [1.29, 1.82) is 0 Å². The number of imide groups is 1. The van der Waals surface area contributed by atoms with Gasteiger partial charge in [-0.2, -0.15) is 13.2 Å². The molecule has 1 aliphatic heterocycles. The number of nitrogens with zero attached hydrogens (tertiary/aromatic N) is 1. The van der Waals surface area contributed by atoms with Gasteiger partial charge in [0.25, 0.3) is 5.91 Å². The van der Waals surface area contributed by atoms with Gasteiger partial charge in [-0.3, -0.25) is 14.5 Å². The maximum Gasteiger partial charge on any atom is 0.418 e. The molecular weight excluding hydrogens is 413 g/mol. The van der Waals surface area contributed by atoms with Crippen molar-refractivity contribution in [2.45, 2.75) is 18.6 Å². The van der Waals surface area contributed by atoms with Crippen molar-refractivity contribution in [2.24, 2.45) is 0 Å². The molecule has 30 heavy (non-hydrogen) atoms. The van der Waals surface area contributed by atoms with Gasteiger partial charge in [-0.25, -0.2) is 13.6 Å². The minimum atomic E-state index is -4.73. The Hall–Kier alpha value is -3.50. The van der Waals surface area contributed by atoms with Crippen LogP contribution in [0.4, 0.5) is 32.4 Å². The second kappa shape index (κ2) is 7.39. The third-order valence-electron chi connectivity index (χ3n) is 4.58. The number of para-hydroxylation sites is 1. The van der Waals surface area contributed by atoms with E-state index in [-0.39, 0.29) is 5.56 Å². The van der Waals surface area contributed by atoms with E-state index in [9.17, 15) is 36.3 Å². The van der Waals surface area contributed by atoms with Gasteiger partial charge in [0.2, 0.25) is 5.91 Å². The standard InChI is InChI=1S/C19H14F5N3O3/c1-18(10-6-7-12(20)13(21)8-10)16(29)27(17(30)26-18)9-15(28)25-14-5-3-2-4-11(14)19(22,23)24/h2-8H,9H2,1H3,(H,25,28)(H,26,30). The number of carbonyl (C=O) groups is 3. The number of nitrogens with one attached hydrogen (secondary N) is 2. The molecule has 1 unspecified atom stereocenters. The lowest BCUT2D eigenvalue weighted by molar-refractivity contribution is -0.137. The van der Waals surface area contributed by atoms with E-state index >= 15 is 0 Å². The first-order chi connectivity index (χ1) is 13.9. The number of hydrogen-bond acceptors (Lipinski definition) is 3. The Kier molecular flexibility index (Phi) is 5.23. The topological polar surface area (TPSA) is 78.5 Å². The number of hydrogen-bond donors (Lipinski definition) is 2. The van der Waals surface area contributed by atoms with E-state index in [1.807, 2.05) is 5.32 Å². The molecular formula is C19H14F5N3O3. The summed E-state index contributed by atoms with van der Waals surface area (Å²) in [6.45, 7) is 0.354. The lowest BCUT2D eigenvalue weighted by Crippen LogP contribution is -2.42. The average Bonchev–Trinajstić information content (AvgIpc) is 2.87. The highest BCUT2D eigenvalue weighted by Crippen LogP contribution is 2.35. The lowest BCUT2D eigenvalue weighted by atomic mass is 9.92. The van der Waals surface area contributed by atoms with Crippen LogP contribution in [0.1, 0.15) is 18.1 Å². The predicted octanol–water partition coefficient (Wildman–Crippen LogP) is 3.39. The van der Waals surface area contributed by atoms with Gasteiger partial charge in [0.1, 0.15) is 12.1 Å². The van der Waals surface area contributed by atoms with Crippen LogP contribution < -0.4 is 10.6 Å². The summed E-state index contributed by atoms with van der Waals surface area (Å²) >= 11 is 0. The van der Waals surface area contributed by atoms with Crippen LogP contribution in [0.2, 0.25) is 0 Å². The number of alkyl halides is 3. The van der Waals surface area contributed by atoms with Crippen molar-refractivity contribution < 1.29 is 36.3 Å². The second-order valence-corrected chi connectivity index (χ2v) is 6.67. The van der Waals surface area contributed by atoms with E-state index in [2.05, 4.69) is 5.32 Å². The minimum Gasteiger partial charge on any atom is -0.324 e. The fourth-order valence-electron chi connectivity index (χ4n) is 3.02. The molecule has 2 N–H and O–H groups in total. The van der Waals surface area contributed by atoms with Gasteiger partial charge in [0, 0.05) is 0 Å². The zero-order valence-electron chi connectivity index (χ0n) is 15.3. The van der Waals surface area contributed by atoms with Crippen LogP contribution in [-0.4, -0.2) is 29.3 Å². The molecule has 4 amide bonds. The van der Waals surface area contributed by atoms with Gasteiger partial charge in [0.05, 0.1) is 11.3 Å². The van der Waals surface area contributed by atoms with Gasteiger partial charge in [0.15, 0.2) is 11.6 Å². The molecule has 0 aliphatic carbocycles. The van der Waals surface area contributed by atoms with Crippen molar-refractivity contribution in [3.63, 3.8) is 0 Å². The SMILES string of the molecule is CC1(c2ccc(F)c(F)c2)NC(=O)N(CC(=O)Nc2ccccc2C(F)(F)F)C1=O. The van der Waals surface area contributed by atoms with Crippen LogP contribution in [0.25, 0.3) is 0 Å². The minimum absolute atomic E-state index is 0.0647. The fourth-order valence-corrected chi connectivity index (χ4v) is 3.02. The largest absolute Gasteiger partial charge is 0.418 e. The summed E-state index contributed by atoms with van der Waals surface area (Å²) in [4.78, 5) is 37.6. The third kappa shape index (κ3) is 3.82. The van der Waals surface area contributed by atoms with E-state index in [1.165, 1.54) is 13.0 Å². The van der Waals surface area contributed by atoms with Crippen LogP contribution in [0.5, 0.6) is 0 Å². The summed E-state index contributed by atoms with van der Waals surface area (Å²) in [7, 11) is 0. The zero-order valence-corrected chi connectivity index (χ0v) is 15.3. The molecule has 1 saturated heterocycles. The van der Waals surface area contributed by atoms with Crippen LogP contribution in [-0.2, 0) is 21.3 Å². The van der Waals surface area contributed by atoms with E-state index in [0.717, 1.165) is 36.4 Å². The average molecular weight is 427 g/mol. The molecule has 0 bridgehead atoms. The van der Waals surface area contributed by atoms with Crippen molar-refractivity contribution >= 4 is 23.5 Å². The van der Waals surface area contributed by atoms with Crippen LogP contribution >= 0.6 is 0 Å². The summed E-state index contributed by atoms with van der Waals surface area (Å²) in [5.74, 6) is -4.39. The number of anilines is 1. The predicted molar refractivity (Wildman–Crippen MR) is 94.0 cm³/mol.